The third-order valence-corrected chi connectivity index (χ3v) is 6.53. The van der Waals surface area contributed by atoms with Crippen LogP contribution in [0, 0.1) is 0 Å². The second kappa shape index (κ2) is 8.75. The van der Waals surface area contributed by atoms with Crippen molar-refractivity contribution in [3.63, 3.8) is 0 Å². The number of pyridine rings is 1. The fourth-order valence-electron chi connectivity index (χ4n) is 4.66. The van der Waals surface area contributed by atoms with Crippen molar-refractivity contribution >= 4 is 6.03 Å². The lowest BCUT2D eigenvalue weighted by molar-refractivity contribution is -0.137. The van der Waals surface area contributed by atoms with Crippen molar-refractivity contribution in [3.8, 4) is 5.69 Å². The molecule has 2 unspecified atom stereocenters. The number of hydrogen-bond acceptors (Lipinski definition) is 4. The first-order valence-corrected chi connectivity index (χ1v) is 11.1. The first-order chi connectivity index (χ1) is 16.3. The molecule has 5 rings (SSSR count). The topological polar surface area (TPSA) is 74.5 Å². The van der Waals surface area contributed by atoms with E-state index in [2.05, 4.69) is 9.97 Å². The molecule has 4 heterocycles. The number of aromatic nitrogens is 3. The van der Waals surface area contributed by atoms with Crippen LogP contribution in [-0.2, 0) is 6.18 Å². The fraction of sp³-hybridized carbons (Fsp3) is 0.375. The van der Waals surface area contributed by atoms with Gasteiger partial charge in [0.2, 0.25) is 0 Å². The first kappa shape index (κ1) is 22.4. The monoisotopic (exact) mass is 471 g/mol. The summed E-state index contributed by atoms with van der Waals surface area (Å²) in [6, 6.07) is 8.76. The number of halogens is 3. The van der Waals surface area contributed by atoms with E-state index >= 15 is 0 Å². The van der Waals surface area contributed by atoms with Gasteiger partial charge in [0, 0.05) is 37.3 Å². The lowest BCUT2D eigenvalue weighted by Crippen LogP contribution is -2.59. The molecule has 2 aliphatic heterocycles. The molecule has 0 spiro atoms. The van der Waals surface area contributed by atoms with Crippen LogP contribution in [0.15, 0.2) is 61.3 Å². The van der Waals surface area contributed by atoms with Crippen LogP contribution < -0.4 is 0 Å². The van der Waals surface area contributed by atoms with Gasteiger partial charge in [-0.3, -0.25) is 4.98 Å². The van der Waals surface area contributed by atoms with Gasteiger partial charge in [0.25, 0.3) is 0 Å². The van der Waals surface area contributed by atoms with Crippen molar-refractivity contribution in [1.29, 1.82) is 0 Å². The number of aliphatic hydroxyl groups excluding tert-OH is 1. The number of hydrogen-bond donors (Lipinski definition) is 1. The number of likely N-dealkylation sites (tertiary alicyclic amines) is 2. The summed E-state index contributed by atoms with van der Waals surface area (Å²) < 4.78 is 40.9. The molecule has 1 N–H and O–H groups in total. The van der Waals surface area contributed by atoms with Gasteiger partial charge in [0.05, 0.1) is 48.7 Å². The van der Waals surface area contributed by atoms with E-state index in [1.54, 1.807) is 28.5 Å². The Morgan fingerprint density at radius 1 is 1.00 bits per heavy atom. The molecular formula is C24H24F3N5O2. The summed E-state index contributed by atoms with van der Waals surface area (Å²) in [5.41, 5.74) is 1.73. The average molecular weight is 471 g/mol. The Labute approximate surface area is 194 Å². The number of urea groups is 1. The van der Waals surface area contributed by atoms with Crippen LogP contribution in [0.25, 0.3) is 5.69 Å². The normalized spacial score (nSPS) is 21.4. The van der Waals surface area contributed by atoms with E-state index in [9.17, 15) is 23.1 Å². The molecule has 0 radical (unpaired) electrons. The van der Waals surface area contributed by atoms with E-state index in [1.807, 2.05) is 22.9 Å². The van der Waals surface area contributed by atoms with E-state index in [1.165, 1.54) is 12.1 Å². The second-order valence-electron chi connectivity index (χ2n) is 8.91. The van der Waals surface area contributed by atoms with Crippen molar-refractivity contribution in [2.75, 3.05) is 26.2 Å². The van der Waals surface area contributed by atoms with Gasteiger partial charge in [-0.1, -0.05) is 12.1 Å². The van der Waals surface area contributed by atoms with Crippen LogP contribution >= 0.6 is 0 Å². The minimum atomic E-state index is -4.40. The molecule has 2 atom stereocenters. The lowest BCUT2D eigenvalue weighted by atomic mass is 9.83. The van der Waals surface area contributed by atoms with Gasteiger partial charge in [-0.05, 0) is 36.2 Å². The standard InChI is InChI=1S/C24H24F3N5O2/c25-24(26,27)19-5-3-16(4-6-19)17-8-18(11-30(10-17)23(34)31-12-21(33)13-31)22-14-32(15-29-22)20-2-1-7-28-9-20/h1-7,9,14-15,17-18,21,33H,8,10-13H2. The molecule has 0 bridgehead atoms. The molecule has 34 heavy (non-hydrogen) atoms. The number of carbonyl (C=O) groups is 1. The highest BCUT2D eigenvalue weighted by molar-refractivity contribution is 5.75. The van der Waals surface area contributed by atoms with E-state index in [0.29, 0.717) is 32.6 Å². The van der Waals surface area contributed by atoms with Crippen LogP contribution in [0.2, 0.25) is 0 Å². The average Bonchev–Trinajstić information content (AvgIpc) is 3.32. The van der Waals surface area contributed by atoms with Gasteiger partial charge in [0.15, 0.2) is 0 Å². The molecule has 2 amide bonds. The Morgan fingerprint density at radius 2 is 1.71 bits per heavy atom. The van der Waals surface area contributed by atoms with Crippen molar-refractivity contribution < 1.29 is 23.1 Å². The highest BCUT2D eigenvalue weighted by Gasteiger charge is 2.38. The second-order valence-corrected chi connectivity index (χ2v) is 8.91. The fourth-order valence-corrected chi connectivity index (χ4v) is 4.66. The number of nitrogens with zero attached hydrogens (tertiary/aromatic N) is 5. The van der Waals surface area contributed by atoms with Crippen molar-refractivity contribution in [2.24, 2.45) is 0 Å². The van der Waals surface area contributed by atoms with Crippen LogP contribution in [0.5, 0.6) is 0 Å². The van der Waals surface area contributed by atoms with E-state index < -0.39 is 17.8 Å². The zero-order valence-corrected chi connectivity index (χ0v) is 18.3. The Hall–Kier alpha value is -3.40. The van der Waals surface area contributed by atoms with Crippen LogP contribution in [0.4, 0.5) is 18.0 Å². The van der Waals surface area contributed by atoms with E-state index in [4.69, 9.17) is 0 Å². The lowest BCUT2D eigenvalue weighted by Gasteiger charge is -2.43. The Kier molecular flexibility index (Phi) is 5.76. The van der Waals surface area contributed by atoms with Gasteiger partial charge >= 0.3 is 12.2 Å². The third kappa shape index (κ3) is 4.50. The van der Waals surface area contributed by atoms with Crippen molar-refractivity contribution in [3.05, 3.63) is 78.1 Å². The van der Waals surface area contributed by atoms with Gasteiger partial charge in [0.1, 0.15) is 0 Å². The van der Waals surface area contributed by atoms with Gasteiger partial charge < -0.3 is 19.5 Å². The number of carbonyl (C=O) groups excluding carboxylic acids is 1. The van der Waals surface area contributed by atoms with Gasteiger partial charge in [-0.2, -0.15) is 13.2 Å². The van der Waals surface area contributed by atoms with Crippen LogP contribution in [-0.4, -0.2) is 67.8 Å². The summed E-state index contributed by atoms with van der Waals surface area (Å²) in [6.45, 7) is 1.43. The summed E-state index contributed by atoms with van der Waals surface area (Å²) in [5, 5.41) is 9.61. The van der Waals surface area contributed by atoms with E-state index in [-0.39, 0.29) is 17.9 Å². The summed E-state index contributed by atoms with van der Waals surface area (Å²) in [5.74, 6) is -0.228. The molecule has 0 saturated carbocycles. The molecule has 7 nitrogen and oxygen atoms in total. The minimum Gasteiger partial charge on any atom is -0.389 e. The summed E-state index contributed by atoms with van der Waals surface area (Å²) >= 11 is 0. The molecule has 2 fully saturated rings. The van der Waals surface area contributed by atoms with Crippen LogP contribution in [0.3, 0.4) is 0 Å². The highest BCUT2D eigenvalue weighted by Crippen LogP contribution is 2.37. The molecule has 0 aliphatic carbocycles. The minimum absolute atomic E-state index is 0.0888. The number of β-amino-alcohol motifs (C(OH)–C–C–N with tert-alkyl or cyclic N) is 1. The molecule has 3 aromatic rings. The van der Waals surface area contributed by atoms with E-state index in [0.717, 1.165) is 29.1 Å². The quantitative estimate of drug-likeness (QED) is 0.633. The van der Waals surface area contributed by atoms with Crippen molar-refractivity contribution in [1.82, 2.24) is 24.3 Å². The maximum atomic E-state index is 13.1. The molecule has 2 saturated heterocycles. The predicted octanol–water partition coefficient (Wildman–Crippen LogP) is 3.66. The number of aliphatic hydroxyl groups is 1. The maximum absolute atomic E-state index is 13.1. The van der Waals surface area contributed by atoms with Gasteiger partial charge in [-0.25, -0.2) is 9.78 Å². The molecule has 2 aromatic heterocycles. The highest BCUT2D eigenvalue weighted by atomic mass is 19.4. The third-order valence-electron chi connectivity index (χ3n) is 6.53. The largest absolute Gasteiger partial charge is 0.416 e. The number of alkyl halides is 3. The molecule has 10 heteroatoms. The van der Waals surface area contributed by atoms with Crippen molar-refractivity contribution in [2.45, 2.75) is 30.5 Å². The number of amides is 2. The maximum Gasteiger partial charge on any atom is 0.416 e. The SMILES string of the molecule is O=C(N1CC(O)C1)N1CC(c2ccc(C(F)(F)F)cc2)CC(c2cn(-c3cccnc3)cn2)C1. The van der Waals surface area contributed by atoms with Crippen LogP contribution in [0.1, 0.15) is 35.1 Å². The Morgan fingerprint density at radius 3 is 2.35 bits per heavy atom. The first-order valence-electron chi connectivity index (χ1n) is 11.1. The summed E-state index contributed by atoms with van der Waals surface area (Å²) in [4.78, 5) is 25.1. The predicted molar refractivity (Wildman–Crippen MR) is 117 cm³/mol. The van der Waals surface area contributed by atoms with Gasteiger partial charge in [-0.15, -0.1) is 0 Å². The molecule has 178 valence electrons. The number of benzene rings is 1. The molecule has 2 aliphatic rings. The summed E-state index contributed by atoms with van der Waals surface area (Å²) in [6.07, 6.45) is 2.77. The molecule has 1 aromatic carbocycles. The molecular weight excluding hydrogens is 447 g/mol. The summed E-state index contributed by atoms with van der Waals surface area (Å²) in [7, 11) is 0. The zero-order valence-electron chi connectivity index (χ0n) is 18.3. The Balaban J connectivity index is 1.41. The Bertz CT molecular complexity index is 1140. The smallest absolute Gasteiger partial charge is 0.389 e. The number of rotatable bonds is 3. The number of piperidine rings is 1. The zero-order chi connectivity index (χ0) is 23.9. The number of imidazole rings is 1.